The van der Waals surface area contributed by atoms with Crippen LogP contribution in [0.1, 0.15) is 0 Å². The van der Waals surface area contributed by atoms with Crippen LogP contribution in [0.25, 0.3) is 16.9 Å². The van der Waals surface area contributed by atoms with Gasteiger partial charge >= 0.3 is 0 Å². The summed E-state index contributed by atoms with van der Waals surface area (Å²) in [6.07, 6.45) is 3.17. The predicted molar refractivity (Wildman–Crippen MR) is 125 cm³/mol. The van der Waals surface area contributed by atoms with Crippen molar-refractivity contribution in [3.63, 3.8) is 0 Å². The van der Waals surface area contributed by atoms with Crippen LogP contribution in [-0.2, 0) is 10.0 Å². The molecule has 9 nitrogen and oxygen atoms in total. The molecule has 1 aliphatic rings. The summed E-state index contributed by atoms with van der Waals surface area (Å²) in [4.78, 5) is 10.6. The molecule has 1 fully saturated rings. The minimum Gasteiger partial charge on any atom is -0.497 e. The normalized spacial score (nSPS) is 15.1. The van der Waals surface area contributed by atoms with Crippen LogP contribution in [-0.4, -0.2) is 65.6 Å². The van der Waals surface area contributed by atoms with Gasteiger partial charge in [0.25, 0.3) is 5.78 Å². The van der Waals surface area contributed by atoms with E-state index in [1.807, 2.05) is 24.3 Å². The maximum Gasteiger partial charge on any atom is 0.254 e. The van der Waals surface area contributed by atoms with Gasteiger partial charge in [0.15, 0.2) is 0 Å². The first-order valence-corrected chi connectivity index (χ1v) is 12.2. The van der Waals surface area contributed by atoms with E-state index in [1.54, 1.807) is 17.8 Å². The zero-order chi connectivity index (χ0) is 23.9. The highest BCUT2D eigenvalue weighted by Crippen LogP contribution is 2.33. The highest BCUT2D eigenvalue weighted by atomic mass is 35.5. The van der Waals surface area contributed by atoms with Gasteiger partial charge in [-0.15, -0.1) is 0 Å². The number of rotatable bonds is 5. The molecule has 0 aliphatic carbocycles. The Balaban J connectivity index is 1.45. The minimum absolute atomic E-state index is 0.0335. The smallest absolute Gasteiger partial charge is 0.254 e. The molecule has 5 rings (SSSR count). The van der Waals surface area contributed by atoms with Crippen molar-refractivity contribution in [2.75, 3.05) is 38.2 Å². The van der Waals surface area contributed by atoms with Crippen molar-refractivity contribution < 1.29 is 17.5 Å². The second-order valence-corrected chi connectivity index (χ2v) is 10.0. The zero-order valence-corrected chi connectivity index (χ0v) is 19.7. The molecule has 2 aromatic heterocycles. The number of aromatic nitrogens is 4. The lowest BCUT2D eigenvalue weighted by Crippen LogP contribution is -2.49. The van der Waals surface area contributed by atoms with Crippen molar-refractivity contribution in [1.82, 2.24) is 23.9 Å². The summed E-state index contributed by atoms with van der Waals surface area (Å²) in [5.41, 5.74) is 1.75. The van der Waals surface area contributed by atoms with Gasteiger partial charge in [-0.2, -0.15) is 18.9 Å². The van der Waals surface area contributed by atoms with Crippen LogP contribution in [0.2, 0.25) is 5.02 Å². The van der Waals surface area contributed by atoms with Crippen LogP contribution in [0, 0.1) is 5.82 Å². The molecule has 1 aliphatic heterocycles. The SMILES string of the molecule is COc1ccc(-c2cnc3ncnn3c2N2CCN(S(=O)(=O)c3ccc(F)c(Cl)c3)CC2)cc1. The number of anilines is 1. The maximum atomic E-state index is 13.5. The number of halogens is 2. The van der Waals surface area contributed by atoms with E-state index >= 15 is 0 Å². The van der Waals surface area contributed by atoms with Crippen LogP contribution in [0.5, 0.6) is 5.75 Å². The second kappa shape index (κ2) is 8.82. The van der Waals surface area contributed by atoms with E-state index in [9.17, 15) is 12.8 Å². The molecule has 0 bridgehead atoms. The third-order valence-corrected chi connectivity index (χ3v) is 7.93. The molecule has 12 heteroatoms. The predicted octanol–water partition coefficient (Wildman–Crippen LogP) is 3.10. The molecule has 34 heavy (non-hydrogen) atoms. The first-order valence-electron chi connectivity index (χ1n) is 10.4. The number of methoxy groups -OCH3 is 1. The van der Waals surface area contributed by atoms with Crippen molar-refractivity contribution >= 4 is 33.2 Å². The lowest BCUT2D eigenvalue weighted by molar-refractivity contribution is 0.383. The molecular weight excluding hydrogens is 483 g/mol. The summed E-state index contributed by atoms with van der Waals surface area (Å²) >= 11 is 5.81. The summed E-state index contributed by atoms with van der Waals surface area (Å²) in [5.74, 6) is 1.30. The second-order valence-electron chi connectivity index (χ2n) is 7.66. The van der Waals surface area contributed by atoms with Crippen LogP contribution < -0.4 is 9.64 Å². The van der Waals surface area contributed by atoms with Crippen molar-refractivity contribution in [3.05, 3.63) is 65.8 Å². The molecule has 1 saturated heterocycles. The summed E-state index contributed by atoms with van der Waals surface area (Å²) in [5, 5.41) is 4.11. The number of hydrogen-bond donors (Lipinski definition) is 0. The lowest BCUT2D eigenvalue weighted by atomic mass is 10.1. The van der Waals surface area contributed by atoms with Crippen LogP contribution >= 0.6 is 11.6 Å². The topological polar surface area (TPSA) is 92.9 Å². The fraction of sp³-hybridized carbons (Fsp3) is 0.227. The summed E-state index contributed by atoms with van der Waals surface area (Å²) in [7, 11) is -2.21. The molecule has 176 valence electrons. The monoisotopic (exact) mass is 502 g/mol. The third-order valence-electron chi connectivity index (χ3n) is 5.75. The van der Waals surface area contributed by atoms with Gasteiger partial charge in [-0.3, -0.25) is 0 Å². The Labute approximate surface area is 200 Å². The van der Waals surface area contributed by atoms with Crippen LogP contribution in [0.4, 0.5) is 10.2 Å². The fourth-order valence-corrected chi connectivity index (χ4v) is 5.67. The summed E-state index contributed by atoms with van der Waals surface area (Å²) < 4.78 is 48.0. The largest absolute Gasteiger partial charge is 0.497 e. The number of sulfonamides is 1. The number of hydrogen-bond acceptors (Lipinski definition) is 7. The van der Waals surface area contributed by atoms with E-state index in [2.05, 4.69) is 20.0 Å². The average molecular weight is 503 g/mol. The van der Waals surface area contributed by atoms with Gasteiger partial charge in [0.05, 0.1) is 17.0 Å². The quantitative estimate of drug-likeness (QED) is 0.414. The van der Waals surface area contributed by atoms with Gasteiger partial charge in [-0.05, 0) is 35.9 Å². The molecule has 4 aromatic rings. The Morgan fingerprint density at radius 3 is 2.44 bits per heavy atom. The van der Waals surface area contributed by atoms with Crippen molar-refractivity contribution in [2.24, 2.45) is 0 Å². The number of benzene rings is 2. The Bertz CT molecular complexity index is 1450. The standard InChI is InChI=1S/C22H20ClFN6O3S/c1-33-16-4-2-15(3-5-16)18-13-25-22-26-14-27-30(22)21(18)28-8-10-29(11-9-28)34(31,32)17-6-7-20(24)19(23)12-17/h2-7,12-14H,8-11H2,1H3. The maximum absolute atomic E-state index is 13.5. The molecule has 0 unspecified atom stereocenters. The van der Waals surface area contributed by atoms with Crippen molar-refractivity contribution in [1.29, 1.82) is 0 Å². The molecule has 0 radical (unpaired) electrons. The minimum atomic E-state index is -3.81. The van der Waals surface area contributed by atoms with Gasteiger partial charge in [0.1, 0.15) is 23.7 Å². The highest BCUT2D eigenvalue weighted by molar-refractivity contribution is 7.89. The fourth-order valence-electron chi connectivity index (χ4n) is 3.97. The van der Waals surface area contributed by atoms with E-state index < -0.39 is 15.8 Å². The lowest BCUT2D eigenvalue weighted by Gasteiger charge is -2.36. The Kier molecular flexibility index (Phi) is 5.84. The van der Waals surface area contributed by atoms with Crippen molar-refractivity contribution in [2.45, 2.75) is 4.90 Å². The van der Waals surface area contributed by atoms with E-state index in [1.165, 1.54) is 16.7 Å². The Hall–Kier alpha value is -3.28. The Morgan fingerprint density at radius 1 is 1.03 bits per heavy atom. The van der Waals surface area contributed by atoms with Crippen LogP contribution in [0.3, 0.4) is 0 Å². The molecule has 2 aromatic carbocycles. The summed E-state index contributed by atoms with van der Waals surface area (Å²) in [6, 6.07) is 11.0. The number of ether oxygens (including phenoxy) is 1. The molecule has 0 saturated carbocycles. The van der Waals surface area contributed by atoms with Gasteiger partial charge in [0, 0.05) is 37.9 Å². The average Bonchev–Trinajstić information content (AvgIpc) is 3.34. The summed E-state index contributed by atoms with van der Waals surface area (Å²) in [6.45, 7) is 1.29. The first kappa shape index (κ1) is 22.5. The number of piperazine rings is 1. The van der Waals surface area contributed by atoms with E-state index in [4.69, 9.17) is 16.3 Å². The number of nitrogens with zero attached hydrogens (tertiary/aromatic N) is 6. The molecule has 0 spiro atoms. The van der Waals surface area contributed by atoms with Gasteiger partial charge in [-0.25, -0.2) is 17.8 Å². The Morgan fingerprint density at radius 2 is 1.76 bits per heavy atom. The molecule has 3 heterocycles. The van der Waals surface area contributed by atoms with E-state index in [0.29, 0.717) is 18.9 Å². The van der Waals surface area contributed by atoms with Gasteiger partial charge < -0.3 is 9.64 Å². The first-order chi connectivity index (χ1) is 16.4. The third kappa shape index (κ3) is 3.95. The van der Waals surface area contributed by atoms with E-state index in [0.717, 1.165) is 34.8 Å². The highest BCUT2D eigenvalue weighted by Gasteiger charge is 2.31. The molecule has 0 N–H and O–H groups in total. The van der Waals surface area contributed by atoms with E-state index in [-0.39, 0.29) is 23.0 Å². The molecule has 0 amide bonds. The molecular formula is C22H20ClFN6O3S. The number of fused-ring (bicyclic) bond motifs is 1. The van der Waals surface area contributed by atoms with Crippen molar-refractivity contribution in [3.8, 4) is 16.9 Å². The van der Waals surface area contributed by atoms with Gasteiger partial charge in [0.2, 0.25) is 10.0 Å². The van der Waals surface area contributed by atoms with Crippen LogP contribution in [0.15, 0.2) is 59.9 Å². The van der Waals surface area contributed by atoms with Gasteiger partial charge in [-0.1, -0.05) is 23.7 Å². The zero-order valence-electron chi connectivity index (χ0n) is 18.1. The molecule has 0 atom stereocenters.